The number of nitrogens with one attached hydrogen (secondary N) is 1. The first kappa shape index (κ1) is 44.9. The van der Waals surface area contributed by atoms with Gasteiger partial charge >= 0.3 is 0 Å². The van der Waals surface area contributed by atoms with Crippen LogP contribution in [0.25, 0.3) is 17.0 Å². The van der Waals surface area contributed by atoms with E-state index in [2.05, 4.69) is 193 Å². The molecule has 7 rings (SSSR count). The molecular formula is C52H73N3S. The van der Waals surface area contributed by atoms with Crippen LogP contribution in [0.3, 0.4) is 0 Å². The summed E-state index contributed by atoms with van der Waals surface area (Å²) >= 11 is 1.77. The minimum absolute atomic E-state index is 0.568. The maximum Gasteiger partial charge on any atom is 0.0953 e. The number of aromatic amines is 1. The van der Waals surface area contributed by atoms with Gasteiger partial charge in [0.2, 0.25) is 0 Å². The molecule has 56 heavy (non-hydrogen) atoms. The van der Waals surface area contributed by atoms with Gasteiger partial charge in [0, 0.05) is 34.6 Å². The topological polar surface area (TPSA) is 41.0 Å². The number of thiazole rings is 1. The third kappa shape index (κ3) is 12.1. The van der Waals surface area contributed by atoms with Crippen molar-refractivity contribution in [3.05, 3.63) is 121 Å². The molecule has 3 nitrogen and oxygen atoms in total. The van der Waals surface area contributed by atoms with Crippen molar-refractivity contribution in [1.29, 1.82) is 0 Å². The highest BCUT2D eigenvalue weighted by molar-refractivity contribution is 7.09. The van der Waals surface area contributed by atoms with Crippen LogP contribution in [-0.2, 0) is 12.8 Å². The van der Waals surface area contributed by atoms with Gasteiger partial charge in [-0.3, -0.25) is 4.99 Å². The van der Waals surface area contributed by atoms with Gasteiger partial charge in [0.15, 0.2) is 0 Å². The molecule has 0 fully saturated rings. The SMILES string of the molecule is CC(C)C1=Cc2cc(C(C)C)ccc2C1.CC(C)C1=Nc2cc(C(C)C)ccc2C1.CC(C)c1ccc2cc(C(C)C)[nH]c2c1.CC(C)c1csc(C(C)C)n1. The zero-order valence-corrected chi connectivity index (χ0v) is 38.6. The van der Waals surface area contributed by atoms with E-state index in [4.69, 9.17) is 4.99 Å². The number of aliphatic imine (C=N–C) groups is 1. The van der Waals surface area contributed by atoms with Crippen molar-refractivity contribution in [2.24, 2.45) is 16.8 Å². The van der Waals surface area contributed by atoms with Gasteiger partial charge in [-0.15, -0.1) is 11.3 Å². The van der Waals surface area contributed by atoms with Gasteiger partial charge in [0.05, 0.1) is 16.4 Å². The molecule has 2 aliphatic rings. The Hall–Kier alpha value is -3.76. The van der Waals surface area contributed by atoms with E-state index in [-0.39, 0.29) is 0 Å². The average molecular weight is 772 g/mol. The molecule has 1 aliphatic heterocycles. The molecule has 0 spiro atoms. The number of hydrogen-bond acceptors (Lipinski definition) is 3. The maximum atomic E-state index is 4.71. The lowest BCUT2D eigenvalue weighted by atomic mass is 9.98. The molecule has 0 atom stereocenters. The Morgan fingerprint density at radius 2 is 1.12 bits per heavy atom. The zero-order valence-electron chi connectivity index (χ0n) is 37.8. The number of allylic oxidation sites excluding steroid dienone is 1. The first-order valence-electron chi connectivity index (χ1n) is 21.5. The molecule has 1 aliphatic carbocycles. The van der Waals surface area contributed by atoms with E-state index in [9.17, 15) is 0 Å². The van der Waals surface area contributed by atoms with Crippen molar-refractivity contribution in [2.75, 3.05) is 0 Å². The predicted octanol–water partition coefficient (Wildman–Crippen LogP) is 16.3. The molecule has 1 N–H and O–H groups in total. The largest absolute Gasteiger partial charge is 0.358 e. The Morgan fingerprint density at radius 3 is 1.64 bits per heavy atom. The van der Waals surface area contributed by atoms with E-state index in [0.717, 1.165) is 12.8 Å². The number of fused-ring (bicyclic) bond motifs is 3. The molecule has 4 heteroatoms. The van der Waals surface area contributed by atoms with Crippen molar-refractivity contribution < 1.29 is 0 Å². The van der Waals surface area contributed by atoms with Crippen LogP contribution in [0, 0.1) is 11.8 Å². The van der Waals surface area contributed by atoms with Crippen LogP contribution in [0.5, 0.6) is 0 Å². The molecule has 0 saturated carbocycles. The molecule has 5 aromatic rings. The van der Waals surface area contributed by atoms with Gasteiger partial charge in [-0.1, -0.05) is 165 Å². The van der Waals surface area contributed by atoms with Crippen molar-refractivity contribution in [2.45, 2.75) is 159 Å². The fourth-order valence-electron chi connectivity index (χ4n) is 6.69. The smallest absolute Gasteiger partial charge is 0.0953 e. The second-order valence-corrected chi connectivity index (χ2v) is 19.3. The summed E-state index contributed by atoms with van der Waals surface area (Å²) in [6, 6.07) is 22.6. The maximum absolute atomic E-state index is 4.71. The van der Waals surface area contributed by atoms with Crippen molar-refractivity contribution in [3.63, 3.8) is 0 Å². The lowest BCUT2D eigenvalue weighted by Crippen LogP contribution is -2.06. The Morgan fingerprint density at radius 1 is 0.536 bits per heavy atom. The van der Waals surface area contributed by atoms with E-state index in [1.54, 1.807) is 16.9 Å². The van der Waals surface area contributed by atoms with Crippen LogP contribution in [0.1, 0.15) is 196 Å². The molecular weight excluding hydrogens is 699 g/mol. The first-order chi connectivity index (χ1) is 26.3. The Labute approximate surface area is 345 Å². The van der Waals surface area contributed by atoms with Crippen LogP contribution in [-0.4, -0.2) is 15.7 Å². The number of benzene rings is 3. The average Bonchev–Trinajstić information content (AvgIpc) is 3.96. The number of nitrogens with zero attached hydrogens (tertiary/aromatic N) is 2. The number of hydrogen-bond donors (Lipinski definition) is 1. The Kier molecular flexibility index (Phi) is 16.1. The van der Waals surface area contributed by atoms with Gasteiger partial charge in [0.25, 0.3) is 0 Å². The van der Waals surface area contributed by atoms with E-state index in [1.165, 1.54) is 72.1 Å². The third-order valence-electron chi connectivity index (χ3n) is 11.0. The van der Waals surface area contributed by atoms with Crippen LogP contribution in [0.2, 0.25) is 0 Å². The zero-order chi connectivity index (χ0) is 41.4. The summed E-state index contributed by atoms with van der Waals surface area (Å²) < 4.78 is 0. The highest BCUT2D eigenvalue weighted by Gasteiger charge is 2.18. The van der Waals surface area contributed by atoms with Crippen LogP contribution in [0.4, 0.5) is 5.69 Å². The molecule has 3 heterocycles. The Bertz CT molecular complexity index is 1970. The second-order valence-electron chi connectivity index (χ2n) is 18.4. The molecule has 0 radical (unpaired) electrons. The van der Waals surface area contributed by atoms with Crippen LogP contribution >= 0.6 is 11.3 Å². The van der Waals surface area contributed by atoms with E-state index in [1.807, 2.05) is 0 Å². The molecule has 2 aromatic heterocycles. The third-order valence-corrected chi connectivity index (χ3v) is 12.1. The fraction of sp³-hybridized carbons (Fsp3) is 0.500. The van der Waals surface area contributed by atoms with Crippen molar-refractivity contribution in [3.8, 4) is 0 Å². The standard InChI is InChI=1S/C15H20.2C14H19N.C9H15NS/c1-10(2)12-5-6-13-8-14(11(3)4)9-15(13)7-12;2*1-9(2)11-5-6-12-8-13(10(3)4)15-14(12)7-11;1-6(2)8-5-11-9(10-8)7(3)4/h5-7,9-11H,8H2,1-4H3;5-7,9-10H,8H2,1-4H3;5-10,15H,1-4H3;5-7H,1-4H3. The number of aromatic nitrogens is 2. The summed E-state index contributed by atoms with van der Waals surface area (Å²) in [6.07, 6.45) is 4.59. The summed E-state index contributed by atoms with van der Waals surface area (Å²) in [4.78, 5) is 12.7. The van der Waals surface area contributed by atoms with E-state index in [0.29, 0.717) is 47.3 Å². The predicted molar refractivity (Wildman–Crippen MR) is 250 cm³/mol. The van der Waals surface area contributed by atoms with E-state index >= 15 is 0 Å². The van der Waals surface area contributed by atoms with Gasteiger partial charge < -0.3 is 4.98 Å². The van der Waals surface area contributed by atoms with Gasteiger partial charge in [-0.2, -0.15) is 0 Å². The van der Waals surface area contributed by atoms with Crippen LogP contribution in [0.15, 0.2) is 76.6 Å². The minimum Gasteiger partial charge on any atom is -0.358 e. The number of rotatable bonds is 8. The summed E-state index contributed by atoms with van der Waals surface area (Å²) in [5.41, 5.74) is 16.5. The van der Waals surface area contributed by atoms with Gasteiger partial charge in [0.1, 0.15) is 0 Å². The molecule has 302 valence electrons. The number of H-pyrrole nitrogens is 1. The normalized spacial score (nSPS) is 13.3. The van der Waals surface area contributed by atoms with Crippen LogP contribution < -0.4 is 0 Å². The molecule has 0 amide bonds. The first-order valence-corrected chi connectivity index (χ1v) is 22.3. The minimum atomic E-state index is 0.568. The lowest BCUT2D eigenvalue weighted by molar-refractivity contribution is 0.754. The fourth-order valence-corrected chi connectivity index (χ4v) is 7.69. The molecule has 0 bridgehead atoms. The highest BCUT2D eigenvalue weighted by Crippen LogP contribution is 2.33. The second kappa shape index (κ2) is 20.1. The Balaban J connectivity index is 0.000000167. The molecule has 3 aromatic carbocycles. The summed E-state index contributed by atoms with van der Waals surface area (Å²) in [6.45, 7) is 35.6. The van der Waals surface area contributed by atoms with Gasteiger partial charge in [-0.05, 0) is 105 Å². The summed E-state index contributed by atoms with van der Waals surface area (Å²) in [7, 11) is 0. The molecule has 0 unspecified atom stereocenters. The van der Waals surface area contributed by atoms with E-state index < -0.39 is 0 Å². The quantitative estimate of drug-likeness (QED) is 0.168. The lowest BCUT2D eigenvalue weighted by Gasteiger charge is -2.07. The van der Waals surface area contributed by atoms with Crippen molar-refractivity contribution in [1.82, 2.24) is 9.97 Å². The van der Waals surface area contributed by atoms with Gasteiger partial charge in [-0.25, -0.2) is 4.98 Å². The molecule has 0 saturated heterocycles. The summed E-state index contributed by atoms with van der Waals surface area (Å²) in [5, 5.41) is 4.75. The summed E-state index contributed by atoms with van der Waals surface area (Å²) in [5.74, 6) is 4.78. The monoisotopic (exact) mass is 772 g/mol. The highest BCUT2D eigenvalue weighted by atomic mass is 32.1. The van der Waals surface area contributed by atoms with Crippen molar-refractivity contribution >= 4 is 39.7 Å².